The van der Waals surface area contributed by atoms with Crippen LogP contribution in [0.1, 0.15) is 54.6 Å². The van der Waals surface area contributed by atoms with E-state index in [0.717, 1.165) is 5.76 Å². The van der Waals surface area contributed by atoms with Gasteiger partial charge in [0, 0.05) is 12.0 Å². The molecular formula is C16H21N3O4. The Labute approximate surface area is 134 Å². The van der Waals surface area contributed by atoms with Crippen LogP contribution in [0.2, 0.25) is 0 Å². The van der Waals surface area contributed by atoms with Gasteiger partial charge in [0.25, 0.3) is 5.91 Å². The van der Waals surface area contributed by atoms with Crippen molar-refractivity contribution in [1.82, 2.24) is 15.0 Å². The minimum Gasteiger partial charge on any atom is -0.465 e. The minimum absolute atomic E-state index is 0.0569. The third-order valence-corrected chi connectivity index (χ3v) is 3.91. The van der Waals surface area contributed by atoms with Gasteiger partial charge in [0.05, 0.1) is 18.7 Å². The number of hydrogen-bond donors (Lipinski definition) is 0. The molecule has 0 radical (unpaired) electrons. The Hall–Kier alpha value is -2.15. The largest absolute Gasteiger partial charge is 0.465 e. The second kappa shape index (κ2) is 5.81. The number of rotatable bonds is 2. The Balaban J connectivity index is 1.79. The lowest BCUT2D eigenvalue weighted by atomic mass is 9.93. The lowest BCUT2D eigenvalue weighted by molar-refractivity contribution is -0.0276. The molecule has 7 heteroatoms. The molecule has 0 aliphatic carbocycles. The number of morpholine rings is 1. The van der Waals surface area contributed by atoms with Gasteiger partial charge in [0.15, 0.2) is 0 Å². The van der Waals surface area contributed by atoms with E-state index in [1.54, 1.807) is 4.90 Å². The van der Waals surface area contributed by atoms with E-state index in [1.807, 2.05) is 13.0 Å². The van der Waals surface area contributed by atoms with Crippen molar-refractivity contribution in [2.75, 3.05) is 19.7 Å². The van der Waals surface area contributed by atoms with Crippen molar-refractivity contribution in [1.29, 1.82) is 0 Å². The zero-order valence-electron chi connectivity index (χ0n) is 13.8. The highest BCUT2D eigenvalue weighted by atomic mass is 16.5. The normalized spacial score (nSPS) is 19.1. The Morgan fingerprint density at radius 3 is 2.78 bits per heavy atom. The van der Waals surface area contributed by atoms with Crippen LogP contribution in [0, 0.1) is 6.92 Å². The van der Waals surface area contributed by atoms with E-state index in [9.17, 15) is 4.79 Å². The van der Waals surface area contributed by atoms with Crippen LogP contribution in [0.3, 0.4) is 0 Å². The lowest BCUT2D eigenvalue weighted by Crippen LogP contribution is -2.42. The molecular weight excluding hydrogens is 298 g/mol. The monoisotopic (exact) mass is 319 g/mol. The highest BCUT2D eigenvalue weighted by Crippen LogP contribution is 2.28. The number of amides is 1. The molecule has 0 N–H and O–H groups in total. The Bertz CT molecular complexity index is 685. The van der Waals surface area contributed by atoms with Crippen molar-refractivity contribution in [3.8, 4) is 0 Å². The average Bonchev–Trinajstić information content (AvgIpc) is 3.15. The second-order valence-electron chi connectivity index (χ2n) is 6.73. The fourth-order valence-electron chi connectivity index (χ4n) is 2.54. The molecule has 1 unspecified atom stereocenters. The SMILES string of the molecule is Cc1oc(C(C)(C)C)cc1C(=O)N1CCOC(c2ncon2)C1. The third-order valence-electron chi connectivity index (χ3n) is 3.91. The van der Waals surface area contributed by atoms with E-state index in [-0.39, 0.29) is 17.4 Å². The van der Waals surface area contributed by atoms with E-state index in [1.165, 1.54) is 6.39 Å². The first kappa shape index (κ1) is 15.7. The topological polar surface area (TPSA) is 81.6 Å². The molecule has 0 saturated carbocycles. The number of furan rings is 1. The Morgan fingerprint density at radius 1 is 1.39 bits per heavy atom. The zero-order valence-corrected chi connectivity index (χ0v) is 13.8. The first-order valence-electron chi connectivity index (χ1n) is 7.64. The van der Waals surface area contributed by atoms with Gasteiger partial charge in [-0.2, -0.15) is 4.98 Å². The summed E-state index contributed by atoms with van der Waals surface area (Å²) in [5.41, 5.74) is 0.463. The standard InChI is InChI=1S/C16H21N3O4/c1-10-11(7-13(23-10)16(2,3)4)15(20)19-5-6-21-12(8-19)14-17-9-22-18-14/h7,9,12H,5-6,8H2,1-4H3. The summed E-state index contributed by atoms with van der Waals surface area (Å²) >= 11 is 0. The van der Waals surface area contributed by atoms with Crippen LogP contribution in [0.15, 0.2) is 21.4 Å². The van der Waals surface area contributed by atoms with Crippen molar-refractivity contribution in [2.24, 2.45) is 0 Å². The maximum absolute atomic E-state index is 12.8. The molecule has 1 aliphatic heterocycles. The van der Waals surface area contributed by atoms with Gasteiger partial charge in [-0.05, 0) is 13.0 Å². The lowest BCUT2D eigenvalue weighted by Gasteiger charge is -2.31. The first-order valence-corrected chi connectivity index (χ1v) is 7.64. The molecule has 1 aliphatic rings. The summed E-state index contributed by atoms with van der Waals surface area (Å²) in [6, 6.07) is 1.84. The molecule has 2 aromatic heterocycles. The number of nitrogens with zero attached hydrogens (tertiary/aromatic N) is 3. The molecule has 1 atom stereocenters. The van der Waals surface area contributed by atoms with Crippen molar-refractivity contribution in [2.45, 2.75) is 39.2 Å². The molecule has 7 nitrogen and oxygen atoms in total. The molecule has 1 amide bonds. The van der Waals surface area contributed by atoms with Crippen LogP contribution in [0.25, 0.3) is 0 Å². The summed E-state index contributed by atoms with van der Waals surface area (Å²) in [7, 11) is 0. The molecule has 0 bridgehead atoms. The van der Waals surface area contributed by atoms with Gasteiger partial charge in [0.1, 0.15) is 17.6 Å². The smallest absolute Gasteiger partial charge is 0.257 e. The fraction of sp³-hybridized carbons (Fsp3) is 0.562. The van der Waals surface area contributed by atoms with Crippen LogP contribution in [0.5, 0.6) is 0 Å². The van der Waals surface area contributed by atoms with Gasteiger partial charge < -0.3 is 18.6 Å². The zero-order chi connectivity index (χ0) is 16.6. The molecule has 2 aromatic rings. The highest BCUT2D eigenvalue weighted by molar-refractivity contribution is 5.95. The molecule has 3 heterocycles. The summed E-state index contributed by atoms with van der Waals surface area (Å²) in [5, 5.41) is 3.79. The first-order chi connectivity index (χ1) is 10.9. The number of carbonyl (C=O) groups is 1. The molecule has 1 fully saturated rings. The van der Waals surface area contributed by atoms with Gasteiger partial charge in [-0.3, -0.25) is 4.79 Å². The molecule has 23 heavy (non-hydrogen) atoms. The van der Waals surface area contributed by atoms with Crippen molar-refractivity contribution >= 4 is 5.91 Å². The van der Waals surface area contributed by atoms with Crippen LogP contribution >= 0.6 is 0 Å². The number of aromatic nitrogens is 2. The second-order valence-corrected chi connectivity index (χ2v) is 6.73. The predicted octanol–water partition coefficient (Wildman–Crippen LogP) is 2.48. The molecule has 0 spiro atoms. The number of carbonyl (C=O) groups excluding carboxylic acids is 1. The fourth-order valence-corrected chi connectivity index (χ4v) is 2.54. The van der Waals surface area contributed by atoms with Crippen LogP contribution < -0.4 is 0 Å². The van der Waals surface area contributed by atoms with Crippen molar-refractivity contribution in [3.05, 3.63) is 35.4 Å². The van der Waals surface area contributed by atoms with Crippen molar-refractivity contribution in [3.63, 3.8) is 0 Å². The van der Waals surface area contributed by atoms with Gasteiger partial charge in [-0.15, -0.1) is 0 Å². The average molecular weight is 319 g/mol. The summed E-state index contributed by atoms with van der Waals surface area (Å²) in [6.07, 6.45) is 0.899. The third kappa shape index (κ3) is 3.14. The maximum atomic E-state index is 12.8. The highest BCUT2D eigenvalue weighted by Gasteiger charge is 2.31. The van der Waals surface area contributed by atoms with Gasteiger partial charge >= 0.3 is 0 Å². The Kier molecular flexibility index (Phi) is 3.97. The summed E-state index contributed by atoms with van der Waals surface area (Å²) in [6.45, 7) is 9.35. The quantitative estimate of drug-likeness (QED) is 0.846. The number of hydrogen-bond acceptors (Lipinski definition) is 6. The van der Waals surface area contributed by atoms with Crippen LogP contribution in [0.4, 0.5) is 0 Å². The predicted molar refractivity (Wildman–Crippen MR) is 81.0 cm³/mol. The minimum atomic E-state index is -0.360. The maximum Gasteiger partial charge on any atom is 0.257 e. The van der Waals surface area contributed by atoms with E-state index in [4.69, 9.17) is 13.7 Å². The molecule has 0 aromatic carbocycles. The number of ether oxygens (including phenoxy) is 1. The van der Waals surface area contributed by atoms with Crippen LogP contribution in [-0.2, 0) is 10.2 Å². The van der Waals surface area contributed by atoms with E-state index in [2.05, 4.69) is 30.9 Å². The summed E-state index contributed by atoms with van der Waals surface area (Å²) < 4.78 is 16.1. The van der Waals surface area contributed by atoms with E-state index >= 15 is 0 Å². The summed E-state index contributed by atoms with van der Waals surface area (Å²) in [5.74, 6) is 1.85. The van der Waals surface area contributed by atoms with Gasteiger partial charge in [-0.25, -0.2) is 0 Å². The Morgan fingerprint density at radius 2 is 2.17 bits per heavy atom. The number of aryl methyl sites for hydroxylation is 1. The summed E-state index contributed by atoms with van der Waals surface area (Å²) in [4.78, 5) is 18.6. The van der Waals surface area contributed by atoms with Gasteiger partial charge in [-0.1, -0.05) is 25.9 Å². The van der Waals surface area contributed by atoms with Crippen molar-refractivity contribution < 1.29 is 18.5 Å². The molecule has 1 saturated heterocycles. The van der Waals surface area contributed by atoms with E-state index < -0.39 is 0 Å². The molecule has 124 valence electrons. The molecule has 3 rings (SSSR count). The van der Waals surface area contributed by atoms with Crippen LogP contribution in [-0.4, -0.2) is 40.6 Å². The van der Waals surface area contributed by atoms with E-state index in [0.29, 0.717) is 36.8 Å². The van der Waals surface area contributed by atoms with Gasteiger partial charge in [0.2, 0.25) is 12.2 Å².